The number of hydrogen-bond donors (Lipinski definition) is 0. The molecule has 1 aliphatic heterocycles. The number of hydrogen-bond acceptors (Lipinski definition) is 4. The van der Waals surface area contributed by atoms with E-state index in [9.17, 15) is 9.59 Å². The van der Waals surface area contributed by atoms with Gasteiger partial charge in [-0.1, -0.05) is 6.08 Å². The number of allylic oxidation sites excluding steroid dienone is 1. The van der Waals surface area contributed by atoms with Crippen molar-refractivity contribution in [1.29, 1.82) is 0 Å². The van der Waals surface area contributed by atoms with E-state index in [1.807, 2.05) is 0 Å². The highest BCUT2D eigenvalue weighted by atomic mass is 16.6. The topological polar surface area (TPSA) is 59.0 Å². The third kappa shape index (κ3) is 3.53. The minimum absolute atomic E-state index is 0.0202. The van der Waals surface area contributed by atoms with Crippen molar-refractivity contribution in [2.75, 3.05) is 6.61 Å². The SMILES string of the molecule is CCOC(=O)N1C=CC(CC(C)=O)C=N1. The zero-order valence-corrected chi connectivity index (χ0v) is 8.84. The standard InChI is InChI=1S/C10H14N2O3/c1-3-15-10(14)12-5-4-9(7-11-12)6-8(2)13/h4-5,7,9H,3,6H2,1-2H3. The van der Waals surface area contributed by atoms with Crippen LogP contribution < -0.4 is 0 Å². The molecule has 1 atom stereocenters. The van der Waals surface area contributed by atoms with Gasteiger partial charge < -0.3 is 4.74 Å². The number of amides is 1. The molecule has 0 N–H and O–H groups in total. The number of nitrogens with zero attached hydrogens (tertiary/aromatic N) is 2. The summed E-state index contributed by atoms with van der Waals surface area (Å²) in [5.74, 6) is 0.0776. The quantitative estimate of drug-likeness (QED) is 0.710. The molecule has 1 aliphatic rings. The minimum Gasteiger partial charge on any atom is -0.448 e. The van der Waals surface area contributed by atoms with Gasteiger partial charge in [-0.3, -0.25) is 4.79 Å². The molecule has 0 bridgehead atoms. The van der Waals surface area contributed by atoms with E-state index in [2.05, 4.69) is 5.10 Å². The lowest BCUT2D eigenvalue weighted by molar-refractivity contribution is -0.117. The first kappa shape index (κ1) is 11.4. The van der Waals surface area contributed by atoms with E-state index < -0.39 is 6.09 Å². The molecule has 0 aliphatic carbocycles. The molecule has 0 aromatic carbocycles. The summed E-state index contributed by atoms with van der Waals surface area (Å²) in [7, 11) is 0. The Morgan fingerprint density at radius 3 is 2.73 bits per heavy atom. The first-order chi connectivity index (χ1) is 7.13. The van der Waals surface area contributed by atoms with E-state index >= 15 is 0 Å². The zero-order valence-electron chi connectivity index (χ0n) is 8.84. The van der Waals surface area contributed by atoms with Crippen LogP contribution in [0.3, 0.4) is 0 Å². The van der Waals surface area contributed by atoms with Gasteiger partial charge in [0, 0.05) is 24.8 Å². The van der Waals surface area contributed by atoms with Gasteiger partial charge in [-0.2, -0.15) is 10.1 Å². The molecular weight excluding hydrogens is 196 g/mol. The molecule has 1 amide bonds. The van der Waals surface area contributed by atoms with Crippen molar-refractivity contribution in [3.8, 4) is 0 Å². The predicted octanol–water partition coefficient (Wildman–Crippen LogP) is 1.55. The van der Waals surface area contributed by atoms with E-state index in [4.69, 9.17) is 4.74 Å². The van der Waals surface area contributed by atoms with Crippen LogP contribution in [0.5, 0.6) is 0 Å². The Hall–Kier alpha value is -1.65. The molecule has 0 fully saturated rings. The molecular formula is C10H14N2O3. The number of carbonyl (C=O) groups excluding carboxylic acids is 2. The minimum atomic E-state index is -0.508. The molecule has 5 nitrogen and oxygen atoms in total. The van der Waals surface area contributed by atoms with Gasteiger partial charge >= 0.3 is 6.09 Å². The maximum absolute atomic E-state index is 11.2. The number of ketones is 1. The first-order valence-corrected chi connectivity index (χ1v) is 4.81. The summed E-state index contributed by atoms with van der Waals surface area (Å²) in [6, 6.07) is 0. The second kappa shape index (κ2) is 5.29. The van der Waals surface area contributed by atoms with Gasteiger partial charge in [0.2, 0.25) is 0 Å². The molecule has 0 radical (unpaired) electrons. The molecule has 15 heavy (non-hydrogen) atoms. The van der Waals surface area contributed by atoms with Crippen LogP contribution in [0.2, 0.25) is 0 Å². The third-order valence-corrected chi connectivity index (χ3v) is 1.84. The maximum atomic E-state index is 11.2. The molecule has 0 saturated heterocycles. The van der Waals surface area contributed by atoms with Crippen LogP contribution in [0, 0.1) is 5.92 Å². The summed E-state index contributed by atoms with van der Waals surface area (Å²) in [4.78, 5) is 22.0. The Balaban J connectivity index is 2.48. The largest absolute Gasteiger partial charge is 0.448 e. The van der Waals surface area contributed by atoms with Gasteiger partial charge in [0.25, 0.3) is 0 Å². The summed E-state index contributed by atoms with van der Waals surface area (Å²) in [6.45, 7) is 3.57. The highest BCUT2D eigenvalue weighted by molar-refractivity contribution is 5.81. The zero-order chi connectivity index (χ0) is 11.3. The van der Waals surface area contributed by atoms with E-state index in [-0.39, 0.29) is 11.7 Å². The number of rotatable bonds is 3. The van der Waals surface area contributed by atoms with Crippen LogP contribution in [0.25, 0.3) is 0 Å². The molecule has 0 aromatic rings. The van der Waals surface area contributed by atoms with Crippen molar-refractivity contribution >= 4 is 18.1 Å². The van der Waals surface area contributed by atoms with Crippen LogP contribution in [-0.4, -0.2) is 29.7 Å². The highest BCUT2D eigenvalue weighted by Gasteiger charge is 2.15. The normalized spacial score (nSPS) is 19.1. The van der Waals surface area contributed by atoms with Crippen molar-refractivity contribution in [2.45, 2.75) is 20.3 Å². The second-order valence-corrected chi connectivity index (χ2v) is 3.22. The molecule has 0 spiro atoms. The monoisotopic (exact) mass is 210 g/mol. The predicted molar refractivity (Wildman–Crippen MR) is 55.3 cm³/mol. The molecule has 82 valence electrons. The van der Waals surface area contributed by atoms with E-state index in [1.54, 1.807) is 19.2 Å². The van der Waals surface area contributed by atoms with Crippen molar-refractivity contribution in [3.05, 3.63) is 12.3 Å². The fourth-order valence-electron chi connectivity index (χ4n) is 1.19. The van der Waals surface area contributed by atoms with Gasteiger partial charge in [-0.15, -0.1) is 0 Å². The average molecular weight is 210 g/mol. The number of carbonyl (C=O) groups is 2. The van der Waals surface area contributed by atoms with Crippen LogP contribution in [0.4, 0.5) is 4.79 Å². The third-order valence-electron chi connectivity index (χ3n) is 1.84. The Bertz CT molecular complexity index is 296. The lowest BCUT2D eigenvalue weighted by Crippen LogP contribution is -2.25. The number of ether oxygens (including phenoxy) is 1. The molecule has 1 unspecified atom stereocenters. The fraction of sp³-hybridized carbons (Fsp3) is 0.500. The van der Waals surface area contributed by atoms with Crippen molar-refractivity contribution in [2.24, 2.45) is 11.0 Å². The Labute approximate surface area is 88.4 Å². The Morgan fingerprint density at radius 2 is 2.27 bits per heavy atom. The van der Waals surface area contributed by atoms with Crippen LogP contribution in [-0.2, 0) is 9.53 Å². The van der Waals surface area contributed by atoms with E-state index in [1.165, 1.54) is 13.1 Å². The van der Waals surface area contributed by atoms with Crippen LogP contribution in [0.15, 0.2) is 17.4 Å². The summed E-state index contributed by atoms with van der Waals surface area (Å²) in [6.07, 6.45) is 4.75. The van der Waals surface area contributed by atoms with E-state index in [0.29, 0.717) is 13.0 Å². The second-order valence-electron chi connectivity index (χ2n) is 3.22. The molecule has 1 rings (SSSR count). The lowest BCUT2D eigenvalue weighted by Gasteiger charge is -2.17. The summed E-state index contributed by atoms with van der Waals surface area (Å²) >= 11 is 0. The molecule has 0 saturated carbocycles. The van der Waals surface area contributed by atoms with Crippen molar-refractivity contribution < 1.29 is 14.3 Å². The smallest absolute Gasteiger partial charge is 0.434 e. The molecule has 5 heteroatoms. The summed E-state index contributed by atoms with van der Waals surface area (Å²) < 4.78 is 4.75. The number of hydrazone groups is 1. The number of Topliss-reactive ketones (excluding diaryl/α,β-unsaturated/α-hetero) is 1. The highest BCUT2D eigenvalue weighted by Crippen LogP contribution is 2.10. The first-order valence-electron chi connectivity index (χ1n) is 4.81. The summed E-state index contributed by atoms with van der Waals surface area (Å²) in [5, 5.41) is 4.99. The van der Waals surface area contributed by atoms with Gasteiger partial charge in [0.15, 0.2) is 0 Å². The van der Waals surface area contributed by atoms with E-state index in [0.717, 1.165) is 5.01 Å². The Kier molecular flexibility index (Phi) is 4.03. The maximum Gasteiger partial charge on any atom is 0.434 e. The van der Waals surface area contributed by atoms with Crippen molar-refractivity contribution in [3.63, 3.8) is 0 Å². The Morgan fingerprint density at radius 1 is 1.53 bits per heavy atom. The fourth-order valence-corrected chi connectivity index (χ4v) is 1.19. The van der Waals surface area contributed by atoms with Crippen molar-refractivity contribution in [1.82, 2.24) is 5.01 Å². The van der Waals surface area contributed by atoms with Crippen LogP contribution in [0.1, 0.15) is 20.3 Å². The molecule has 0 aromatic heterocycles. The van der Waals surface area contributed by atoms with Gasteiger partial charge in [-0.25, -0.2) is 4.79 Å². The van der Waals surface area contributed by atoms with Crippen LogP contribution >= 0.6 is 0 Å². The summed E-state index contributed by atoms with van der Waals surface area (Å²) in [5.41, 5.74) is 0. The van der Waals surface area contributed by atoms with Gasteiger partial charge in [0.1, 0.15) is 5.78 Å². The van der Waals surface area contributed by atoms with Gasteiger partial charge in [-0.05, 0) is 13.8 Å². The van der Waals surface area contributed by atoms with Gasteiger partial charge in [0.05, 0.1) is 6.61 Å². The molecule has 1 heterocycles. The average Bonchev–Trinajstić information content (AvgIpc) is 2.18. The lowest BCUT2D eigenvalue weighted by atomic mass is 10.0.